The first-order valence-corrected chi connectivity index (χ1v) is 6.53. The maximum absolute atomic E-state index is 8.80. The number of hydrogen-bond donors (Lipinski definition) is 1. The molecule has 2 rings (SSSR count). The predicted molar refractivity (Wildman–Crippen MR) is 65.0 cm³/mol. The van der Waals surface area contributed by atoms with E-state index in [1.165, 1.54) is 38.6 Å². The molecule has 90 valence electrons. The van der Waals surface area contributed by atoms with Crippen molar-refractivity contribution >= 4 is 0 Å². The minimum atomic E-state index is 0.359. The highest BCUT2D eigenvalue weighted by Crippen LogP contribution is 2.48. The number of piperidine rings is 1. The first-order chi connectivity index (χ1) is 7.74. The van der Waals surface area contributed by atoms with Crippen LogP contribution in [-0.2, 0) is 0 Å². The van der Waals surface area contributed by atoms with Crippen molar-refractivity contribution in [2.24, 2.45) is 5.41 Å². The molecule has 1 atom stereocenters. The van der Waals surface area contributed by atoms with Gasteiger partial charge in [0.25, 0.3) is 0 Å². The molecule has 0 aromatic carbocycles. The Kier molecular flexibility index (Phi) is 3.83. The molecule has 1 heterocycles. The van der Waals surface area contributed by atoms with Crippen LogP contribution in [0.25, 0.3) is 0 Å². The van der Waals surface area contributed by atoms with Crippen LogP contribution >= 0.6 is 0 Å². The van der Waals surface area contributed by atoms with Gasteiger partial charge in [0.1, 0.15) is 0 Å². The fourth-order valence-electron chi connectivity index (χ4n) is 2.83. The summed E-state index contributed by atoms with van der Waals surface area (Å²) in [6, 6.07) is 3.01. The number of nitrogens with one attached hydrogen (secondary N) is 1. The van der Waals surface area contributed by atoms with E-state index < -0.39 is 0 Å². The fraction of sp³-hybridized carbons (Fsp3) is 0.923. The van der Waals surface area contributed by atoms with Gasteiger partial charge in [0.2, 0.25) is 0 Å². The molecule has 0 aromatic rings. The smallest absolute Gasteiger partial charge is 0.0628 e. The minimum absolute atomic E-state index is 0.359. The SMILES string of the molecule is CN(CC1CCCCN1)CC1(CC#N)CC1. The quantitative estimate of drug-likeness (QED) is 0.769. The second-order valence-corrected chi connectivity index (χ2v) is 5.68. The molecule has 0 spiro atoms. The third-order valence-corrected chi connectivity index (χ3v) is 3.96. The molecule has 16 heavy (non-hydrogen) atoms. The van der Waals surface area contributed by atoms with E-state index in [1.807, 2.05) is 0 Å². The average Bonchev–Trinajstić information content (AvgIpc) is 2.99. The summed E-state index contributed by atoms with van der Waals surface area (Å²) >= 11 is 0. The van der Waals surface area contributed by atoms with Crippen molar-refractivity contribution in [3.05, 3.63) is 0 Å². The molecule has 1 unspecified atom stereocenters. The molecule has 0 radical (unpaired) electrons. The Hall–Kier alpha value is -0.590. The van der Waals surface area contributed by atoms with Crippen molar-refractivity contribution in [1.29, 1.82) is 5.26 Å². The van der Waals surface area contributed by atoms with Gasteiger partial charge in [0.05, 0.1) is 6.07 Å². The van der Waals surface area contributed by atoms with Crippen molar-refractivity contribution in [2.45, 2.75) is 44.6 Å². The normalized spacial score (nSPS) is 27.7. The third kappa shape index (κ3) is 3.20. The van der Waals surface area contributed by atoms with Crippen LogP contribution in [-0.4, -0.2) is 37.6 Å². The van der Waals surface area contributed by atoms with E-state index in [0.29, 0.717) is 11.5 Å². The van der Waals surface area contributed by atoms with Gasteiger partial charge < -0.3 is 10.2 Å². The van der Waals surface area contributed by atoms with Crippen molar-refractivity contribution in [1.82, 2.24) is 10.2 Å². The van der Waals surface area contributed by atoms with Crippen LogP contribution in [0.5, 0.6) is 0 Å². The Morgan fingerprint density at radius 3 is 2.81 bits per heavy atom. The van der Waals surface area contributed by atoms with Crippen molar-refractivity contribution < 1.29 is 0 Å². The molecular weight excluding hydrogens is 198 g/mol. The summed E-state index contributed by atoms with van der Waals surface area (Å²) in [4.78, 5) is 2.42. The molecule has 0 amide bonds. The summed E-state index contributed by atoms with van der Waals surface area (Å²) in [7, 11) is 2.20. The molecule has 0 aromatic heterocycles. The van der Waals surface area contributed by atoms with Crippen LogP contribution in [0.4, 0.5) is 0 Å². The second-order valence-electron chi connectivity index (χ2n) is 5.68. The van der Waals surface area contributed by atoms with Gasteiger partial charge in [-0.1, -0.05) is 6.42 Å². The van der Waals surface area contributed by atoms with Gasteiger partial charge in [-0.15, -0.1) is 0 Å². The second kappa shape index (κ2) is 5.16. The Labute approximate surface area is 98.8 Å². The van der Waals surface area contributed by atoms with Gasteiger partial charge in [-0.05, 0) is 44.7 Å². The highest BCUT2D eigenvalue weighted by atomic mass is 15.1. The monoisotopic (exact) mass is 221 g/mol. The summed E-state index contributed by atoms with van der Waals surface area (Å²) in [5.41, 5.74) is 0.359. The predicted octanol–water partition coefficient (Wildman–Crippen LogP) is 1.75. The summed E-state index contributed by atoms with van der Waals surface area (Å²) in [5, 5.41) is 12.4. The van der Waals surface area contributed by atoms with E-state index in [2.05, 4.69) is 23.3 Å². The molecule has 1 N–H and O–H groups in total. The lowest BCUT2D eigenvalue weighted by atomic mass is 10.0. The zero-order valence-electron chi connectivity index (χ0n) is 10.3. The van der Waals surface area contributed by atoms with Crippen LogP contribution in [0.3, 0.4) is 0 Å². The van der Waals surface area contributed by atoms with Crippen LogP contribution in [0, 0.1) is 16.7 Å². The molecule has 1 saturated carbocycles. The molecule has 3 nitrogen and oxygen atoms in total. The maximum Gasteiger partial charge on any atom is 0.0628 e. The zero-order valence-corrected chi connectivity index (χ0v) is 10.3. The molecule has 1 aliphatic carbocycles. The van der Waals surface area contributed by atoms with E-state index >= 15 is 0 Å². The van der Waals surface area contributed by atoms with E-state index in [1.54, 1.807) is 0 Å². The van der Waals surface area contributed by atoms with E-state index in [-0.39, 0.29) is 0 Å². The summed E-state index contributed by atoms with van der Waals surface area (Å²) in [6.45, 7) is 3.44. The first kappa shape index (κ1) is 11.9. The number of likely N-dealkylation sites (N-methyl/N-ethyl adjacent to an activating group) is 1. The van der Waals surface area contributed by atoms with Crippen molar-refractivity contribution in [3.8, 4) is 6.07 Å². The van der Waals surface area contributed by atoms with Gasteiger partial charge in [-0.2, -0.15) is 5.26 Å². The summed E-state index contributed by atoms with van der Waals surface area (Å²) in [6.07, 6.45) is 7.27. The highest BCUT2D eigenvalue weighted by molar-refractivity contribution is 5.01. The lowest BCUT2D eigenvalue weighted by molar-refractivity contribution is 0.222. The fourth-order valence-corrected chi connectivity index (χ4v) is 2.83. The molecule has 3 heteroatoms. The van der Waals surface area contributed by atoms with E-state index in [0.717, 1.165) is 19.5 Å². The molecule has 2 fully saturated rings. The average molecular weight is 221 g/mol. The maximum atomic E-state index is 8.80. The molecular formula is C13H23N3. The number of nitriles is 1. The zero-order chi connectivity index (χ0) is 11.4. The molecule has 2 aliphatic rings. The standard InChI is InChI=1S/C13H23N3/c1-16(10-12-4-2-3-9-15-12)11-13(5-6-13)7-8-14/h12,15H,2-7,9-11H2,1H3. The van der Waals surface area contributed by atoms with Gasteiger partial charge in [0.15, 0.2) is 0 Å². The van der Waals surface area contributed by atoms with Crippen LogP contribution in [0.15, 0.2) is 0 Å². The summed E-state index contributed by atoms with van der Waals surface area (Å²) in [5.74, 6) is 0. The Morgan fingerprint density at radius 2 is 2.25 bits per heavy atom. The topological polar surface area (TPSA) is 39.1 Å². The van der Waals surface area contributed by atoms with Gasteiger partial charge >= 0.3 is 0 Å². The summed E-state index contributed by atoms with van der Waals surface area (Å²) < 4.78 is 0. The minimum Gasteiger partial charge on any atom is -0.313 e. The molecule has 1 aliphatic heterocycles. The van der Waals surface area contributed by atoms with Gasteiger partial charge in [-0.25, -0.2) is 0 Å². The van der Waals surface area contributed by atoms with Crippen LogP contribution in [0.2, 0.25) is 0 Å². The van der Waals surface area contributed by atoms with E-state index in [4.69, 9.17) is 5.26 Å². The third-order valence-electron chi connectivity index (χ3n) is 3.96. The Morgan fingerprint density at radius 1 is 1.44 bits per heavy atom. The van der Waals surface area contributed by atoms with Crippen LogP contribution in [0.1, 0.15) is 38.5 Å². The Bertz CT molecular complexity index is 259. The first-order valence-electron chi connectivity index (χ1n) is 6.53. The van der Waals surface area contributed by atoms with Gasteiger partial charge in [-0.3, -0.25) is 0 Å². The van der Waals surface area contributed by atoms with Crippen molar-refractivity contribution in [2.75, 3.05) is 26.7 Å². The largest absolute Gasteiger partial charge is 0.313 e. The number of rotatable bonds is 5. The van der Waals surface area contributed by atoms with Crippen molar-refractivity contribution in [3.63, 3.8) is 0 Å². The number of nitrogens with zero attached hydrogens (tertiary/aromatic N) is 2. The highest BCUT2D eigenvalue weighted by Gasteiger charge is 2.43. The van der Waals surface area contributed by atoms with Gasteiger partial charge in [0, 0.05) is 25.6 Å². The molecule has 1 saturated heterocycles. The van der Waals surface area contributed by atoms with E-state index in [9.17, 15) is 0 Å². The number of hydrogen-bond acceptors (Lipinski definition) is 3. The lowest BCUT2D eigenvalue weighted by Crippen LogP contribution is -2.43. The Balaban J connectivity index is 1.71. The molecule has 0 bridgehead atoms. The van der Waals surface area contributed by atoms with Crippen LogP contribution < -0.4 is 5.32 Å². The lowest BCUT2D eigenvalue weighted by Gasteiger charge is -2.30.